The van der Waals surface area contributed by atoms with E-state index in [0.717, 1.165) is 26.2 Å². The Balaban J connectivity index is 3.67. The molecule has 0 aliphatic rings. The summed E-state index contributed by atoms with van der Waals surface area (Å²) in [6, 6.07) is 0.554. The summed E-state index contributed by atoms with van der Waals surface area (Å²) in [5.41, 5.74) is 5.52. The number of nitrogens with two attached hydrogens (primary N) is 1. The second kappa shape index (κ2) is 10.0. The Labute approximate surface area is 100 Å². The van der Waals surface area contributed by atoms with Gasteiger partial charge in [0.15, 0.2) is 0 Å². The smallest absolute Gasteiger partial charge is 0.0558 e. The van der Waals surface area contributed by atoms with Crippen LogP contribution in [0.4, 0.5) is 0 Å². The quantitative estimate of drug-likeness (QED) is 0.505. The van der Waals surface area contributed by atoms with Gasteiger partial charge in [0.1, 0.15) is 0 Å². The van der Waals surface area contributed by atoms with Crippen LogP contribution in [0.5, 0.6) is 0 Å². The molecule has 2 unspecified atom stereocenters. The Hall–Kier alpha value is -0.160. The minimum atomic E-state index is 0.209. The monoisotopic (exact) mass is 231 g/mol. The van der Waals surface area contributed by atoms with Crippen molar-refractivity contribution in [1.29, 1.82) is 0 Å². The number of hydrogen-bond donors (Lipinski definition) is 3. The Morgan fingerprint density at radius 3 is 2.44 bits per heavy atom. The number of aliphatic hydroxyl groups excluding tert-OH is 1. The van der Waals surface area contributed by atoms with Crippen molar-refractivity contribution in [2.75, 3.05) is 39.3 Å². The molecule has 0 aliphatic carbocycles. The molecule has 4 N–H and O–H groups in total. The molecule has 0 heterocycles. The zero-order chi connectivity index (χ0) is 12.4. The second-order valence-corrected chi connectivity index (χ2v) is 4.48. The van der Waals surface area contributed by atoms with Crippen molar-refractivity contribution in [2.24, 2.45) is 11.7 Å². The molecule has 0 aromatic heterocycles. The van der Waals surface area contributed by atoms with Gasteiger partial charge in [-0.15, -0.1) is 0 Å². The lowest BCUT2D eigenvalue weighted by Gasteiger charge is -2.24. The molecular formula is C12H29N3O. The minimum Gasteiger partial charge on any atom is -0.395 e. The van der Waals surface area contributed by atoms with Gasteiger partial charge in [-0.3, -0.25) is 4.90 Å². The fraction of sp³-hybridized carbons (Fsp3) is 1.00. The van der Waals surface area contributed by atoms with Gasteiger partial charge in [-0.2, -0.15) is 0 Å². The van der Waals surface area contributed by atoms with E-state index >= 15 is 0 Å². The van der Waals surface area contributed by atoms with E-state index in [9.17, 15) is 0 Å². The van der Waals surface area contributed by atoms with Crippen LogP contribution in [-0.2, 0) is 0 Å². The third-order valence-corrected chi connectivity index (χ3v) is 3.25. The number of hydrogen-bond acceptors (Lipinski definition) is 4. The van der Waals surface area contributed by atoms with Crippen LogP contribution in [0.15, 0.2) is 0 Å². The van der Waals surface area contributed by atoms with Crippen molar-refractivity contribution in [2.45, 2.75) is 33.2 Å². The molecular weight excluding hydrogens is 202 g/mol. The van der Waals surface area contributed by atoms with E-state index in [1.54, 1.807) is 0 Å². The topological polar surface area (TPSA) is 61.5 Å². The fourth-order valence-electron chi connectivity index (χ4n) is 1.66. The average molecular weight is 231 g/mol. The lowest BCUT2D eigenvalue weighted by atomic mass is 10.0. The van der Waals surface area contributed by atoms with Gasteiger partial charge in [0.05, 0.1) is 6.61 Å². The molecule has 0 aromatic carbocycles. The SMILES string of the molecule is CCC(C)C(C)NCCN(CCN)CCO. The lowest BCUT2D eigenvalue weighted by Crippen LogP contribution is -2.41. The van der Waals surface area contributed by atoms with E-state index in [-0.39, 0.29) is 6.61 Å². The van der Waals surface area contributed by atoms with Gasteiger partial charge in [0.2, 0.25) is 0 Å². The van der Waals surface area contributed by atoms with Crippen LogP contribution >= 0.6 is 0 Å². The van der Waals surface area contributed by atoms with Gasteiger partial charge in [0, 0.05) is 38.8 Å². The summed E-state index contributed by atoms with van der Waals surface area (Å²) in [4.78, 5) is 2.19. The maximum atomic E-state index is 8.90. The molecule has 2 atom stereocenters. The Bertz CT molecular complexity index is 149. The second-order valence-electron chi connectivity index (χ2n) is 4.48. The van der Waals surface area contributed by atoms with Crippen LogP contribution in [0.25, 0.3) is 0 Å². The van der Waals surface area contributed by atoms with E-state index in [0.29, 0.717) is 18.5 Å². The third-order valence-electron chi connectivity index (χ3n) is 3.25. The first-order valence-electron chi connectivity index (χ1n) is 6.42. The summed E-state index contributed by atoms with van der Waals surface area (Å²) in [5.74, 6) is 0.709. The van der Waals surface area contributed by atoms with Gasteiger partial charge >= 0.3 is 0 Å². The van der Waals surface area contributed by atoms with Crippen LogP contribution in [0.3, 0.4) is 0 Å². The molecule has 4 nitrogen and oxygen atoms in total. The fourth-order valence-corrected chi connectivity index (χ4v) is 1.66. The summed E-state index contributed by atoms with van der Waals surface area (Å²) >= 11 is 0. The molecule has 0 aromatic rings. The number of nitrogens with zero attached hydrogens (tertiary/aromatic N) is 1. The highest BCUT2D eigenvalue weighted by atomic mass is 16.3. The summed E-state index contributed by atoms with van der Waals surface area (Å²) < 4.78 is 0. The molecule has 0 saturated carbocycles. The molecule has 0 bridgehead atoms. The standard InChI is InChI=1S/C12H29N3O/c1-4-11(2)12(3)14-6-8-15(7-5-13)9-10-16/h11-12,14,16H,4-10,13H2,1-3H3. The van der Waals surface area contributed by atoms with Gasteiger partial charge < -0.3 is 16.2 Å². The van der Waals surface area contributed by atoms with Gasteiger partial charge in [-0.25, -0.2) is 0 Å². The first kappa shape index (κ1) is 15.8. The highest BCUT2D eigenvalue weighted by Crippen LogP contribution is 2.05. The van der Waals surface area contributed by atoms with Gasteiger partial charge in [-0.05, 0) is 12.8 Å². The largest absolute Gasteiger partial charge is 0.395 e. The van der Waals surface area contributed by atoms with E-state index < -0.39 is 0 Å². The van der Waals surface area contributed by atoms with Crippen LogP contribution in [0, 0.1) is 5.92 Å². The number of nitrogens with one attached hydrogen (secondary N) is 1. The summed E-state index contributed by atoms with van der Waals surface area (Å²) in [6.07, 6.45) is 1.21. The van der Waals surface area contributed by atoms with Crippen molar-refractivity contribution in [3.63, 3.8) is 0 Å². The summed E-state index contributed by atoms with van der Waals surface area (Å²) in [7, 11) is 0. The molecule has 0 amide bonds. The molecule has 0 saturated heterocycles. The van der Waals surface area contributed by atoms with E-state index in [1.807, 2.05) is 0 Å². The molecule has 0 spiro atoms. The van der Waals surface area contributed by atoms with Gasteiger partial charge in [-0.1, -0.05) is 20.3 Å². The van der Waals surface area contributed by atoms with E-state index in [1.165, 1.54) is 6.42 Å². The Kier molecular flexibility index (Phi) is 9.92. The predicted molar refractivity (Wildman–Crippen MR) is 69.5 cm³/mol. The molecule has 4 heteroatoms. The summed E-state index contributed by atoms with van der Waals surface area (Å²) in [5, 5.41) is 12.4. The van der Waals surface area contributed by atoms with E-state index in [4.69, 9.17) is 10.8 Å². The molecule has 0 radical (unpaired) electrons. The Morgan fingerprint density at radius 2 is 1.94 bits per heavy atom. The van der Waals surface area contributed by atoms with Gasteiger partial charge in [0.25, 0.3) is 0 Å². The molecule has 98 valence electrons. The van der Waals surface area contributed by atoms with Crippen LogP contribution in [0.2, 0.25) is 0 Å². The number of aliphatic hydroxyl groups is 1. The zero-order valence-corrected chi connectivity index (χ0v) is 11.1. The van der Waals surface area contributed by atoms with E-state index in [2.05, 4.69) is 31.0 Å². The van der Waals surface area contributed by atoms with Crippen molar-refractivity contribution < 1.29 is 5.11 Å². The van der Waals surface area contributed by atoms with Crippen LogP contribution in [0.1, 0.15) is 27.2 Å². The lowest BCUT2D eigenvalue weighted by molar-refractivity contribution is 0.196. The first-order chi connectivity index (χ1) is 7.65. The van der Waals surface area contributed by atoms with Crippen molar-refractivity contribution >= 4 is 0 Å². The highest BCUT2D eigenvalue weighted by molar-refractivity contribution is 4.68. The maximum Gasteiger partial charge on any atom is 0.0558 e. The minimum absolute atomic E-state index is 0.209. The van der Waals surface area contributed by atoms with Crippen molar-refractivity contribution in [3.8, 4) is 0 Å². The maximum absolute atomic E-state index is 8.90. The summed E-state index contributed by atoms with van der Waals surface area (Å²) in [6.45, 7) is 11.1. The van der Waals surface area contributed by atoms with Crippen molar-refractivity contribution in [1.82, 2.24) is 10.2 Å². The average Bonchev–Trinajstić information content (AvgIpc) is 2.28. The first-order valence-corrected chi connectivity index (χ1v) is 6.42. The Morgan fingerprint density at radius 1 is 1.25 bits per heavy atom. The third kappa shape index (κ3) is 7.17. The zero-order valence-electron chi connectivity index (χ0n) is 11.1. The molecule has 0 aliphatic heterocycles. The van der Waals surface area contributed by atoms with Crippen LogP contribution in [-0.4, -0.2) is 55.4 Å². The molecule has 0 fully saturated rings. The number of rotatable bonds is 10. The molecule has 0 rings (SSSR count). The predicted octanol–water partition coefficient (Wildman–Crippen LogP) is 0.264. The van der Waals surface area contributed by atoms with Crippen molar-refractivity contribution in [3.05, 3.63) is 0 Å². The highest BCUT2D eigenvalue weighted by Gasteiger charge is 2.09. The normalized spacial score (nSPS) is 15.4. The van der Waals surface area contributed by atoms with Crippen LogP contribution < -0.4 is 11.1 Å². The molecule has 16 heavy (non-hydrogen) atoms.